The van der Waals surface area contributed by atoms with Crippen LogP contribution < -0.4 is 4.74 Å². The molecule has 0 heterocycles. The van der Waals surface area contributed by atoms with Crippen molar-refractivity contribution in [3.63, 3.8) is 0 Å². The summed E-state index contributed by atoms with van der Waals surface area (Å²) >= 11 is 0. The van der Waals surface area contributed by atoms with Crippen molar-refractivity contribution >= 4 is 12.3 Å². The summed E-state index contributed by atoms with van der Waals surface area (Å²) in [6.45, 7) is 1.89. The Hall–Kier alpha value is -2.35. The second-order valence-electron chi connectivity index (χ2n) is 5.72. The Morgan fingerprint density at radius 3 is 2.45 bits per heavy atom. The van der Waals surface area contributed by atoms with Gasteiger partial charge in [0, 0.05) is 11.8 Å². The molecule has 1 saturated carbocycles. The second kappa shape index (κ2) is 6.18. The summed E-state index contributed by atoms with van der Waals surface area (Å²) in [5.41, 5.74) is -0.553. The summed E-state index contributed by atoms with van der Waals surface area (Å²) in [5.74, 6) is -0.871. The van der Waals surface area contributed by atoms with Crippen molar-refractivity contribution in [1.82, 2.24) is 0 Å². The van der Waals surface area contributed by atoms with Crippen LogP contribution in [0.3, 0.4) is 0 Å². The number of nitrogens with zero attached hydrogens (tertiary/aromatic N) is 1. The number of aldehydes is 1. The van der Waals surface area contributed by atoms with Gasteiger partial charge in [0.25, 0.3) is 0 Å². The fourth-order valence-electron chi connectivity index (χ4n) is 3.51. The molecule has 1 aliphatic rings. The van der Waals surface area contributed by atoms with Gasteiger partial charge in [-0.25, -0.2) is 0 Å². The second-order valence-corrected chi connectivity index (χ2v) is 5.72. The molecule has 0 N–H and O–H groups in total. The van der Waals surface area contributed by atoms with Crippen molar-refractivity contribution in [3.8, 4) is 11.8 Å². The Bertz CT molecular complexity index is 604. The van der Waals surface area contributed by atoms with E-state index in [0.717, 1.165) is 11.8 Å². The predicted octanol–water partition coefficient (Wildman–Crippen LogP) is 2.32. The molecule has 1 fully saturated rings. The van der Waals surface area contributed by atoms with Gasteiger partial charge in [-0.2, -0.15) is 5.26 Å². The molecule has 0 aliphatic heterocycles. The van der Waals surface area contributed by atoms with Gasteiger partial charge < -0.3 is 14.3 Å². The molecule has 4 atom stereocenters. The lowest BCUT2D eigenvalue weighted by atomic mass is 9.73. The molecule has 1 aliphatic carbocycles. The van der Waals surface area contributed by atoms with Crippen LogP contribution in [0.5, 0.6) is 5.75 Å². The van der Waals surface area contributed by atoms with E-state index in [4.69, 9.17) is 9.47 Å². The van der Waals surface area contributed by atoms with Gasteiger partial charge in [0.2, 0.25) is 0 Å². The zero-order chi connectivity index (χ0) is 16.3. The molecule has 0 unspecified atom stereocenters. The zero-order valence-corrected chi connectivity index (χ0v) is 12.9. The molecular formula is C17H19NO4. The van der Waals surface area contributed by atoms with E-state index >= 15 is 0 Å². The van der Waals surface area contributed by atoms with Crippen molar-refractivity contribution in [1.29, 1.82) is 5.26 Å². The Morgan fingerprint density at radius 1 is 1.36 bits per heavy atom. The minimum Gasteiger partial charge on any atom is -0.497 e. The molecule has 5 heteroatoms. The average Bonchev–Trinajstić information content (AvgIpc) is 2.86. The van der Waals surface area contributed by atoms with Crippen molar-refractivity contribution in [2.24, 2.45) is 17.3 Å². The summed E-state index contributed by atoms with van der Waals surface area (Å²) in [5, 5.41) is 9.69. The van der Waals surface area contributed by atoms with Crippen molar-refractivity contribution in [3.05, 3.63) is 29.8 Å². The standard InChI is InChI=1S/C17H19NO4/c1-11-8-17(10-18,16(20)22-3)15(14(11)9-19)12-4-6-13(21-2)7-5-12/h4-7,9,11,14-15H,8H2,1-3H3/t11-,14-,15-,17+/m1/s1. The fourth-order valence-corrected chi connectivity index (χ4v) is 3.51. The van der Waals surface area contributed by atoms with Crippen molar-refractivity contribution < 1.29 is 19.1 Å². The number of nitriles is 1. The number of rotatable bonds is 4. The van der Waals surface area contributed by atoms with Gasteiger partial charge in [0.05, 0.1) is 20.3 Å². The van der Waals surface area contributed by atoms with Crippen molar-refractivity contribution in [2.75, 3.05) is 14.2 Å². The molecule has 5 nitrogen and oxygen atoms in total. The van der Waals surface area contributed by atoms with Crippen LogP contribution >= 0.6 is 0 Å². The fraction of sp³-hybridized carbons (Fsp3) is 0.471. The topological polar surface area (TPSA) is 76.4 Å². The quantitative estimate of drug-likeness (QED) is 0.630. The molecule has 0 saturated heterocycles. The first kappa shape index (κ1) is 16.0. The molecule has 116 valence electrons. The summed E-state index contributed by atoms with van der Waals surface area (Å²) in [6.07, 6.45) is 1.16. The molecule has 2 rings (SSSR count). The highest BCUT2D eigenvalue weighted by Gasteiger charge is 2.58. The summed E-state index contributed by atoms with van der Waals surface area (Å²) in [6, 6.07) is 9.26. The van der Waals surface area contributed by atoms with E-state index in [2.05, 4.69) is 6.07 Å². The van der Waals surface area contributed by atoms with Crippen LogP contribution in [0.4, 0.5) is 0 Å². The third-order valence-corrected chi connectivity index (χ3v) is 4.60. The SMILES string of the molecule is COC(=O)[C@]1(C#N)C[C@@H](C)[C@@H](C=O)[C@H]1c1ccc(OC)cc1. The number of methoxy groups -OCH3 is 2. The Balaban J connectivity index is 2.55. The monoisotopic (exact) mass is 301 g/mol. The smallest absolute Gasteiger partial charge is 0.326 e. The van der Waals surface area contributed by atoms with Crippen LogP contribution in [0.1, 0.15) is 24.8 Å². The first-order valence-corrected chi connectivity index (χ1v) is 7.13. The Labute approximate surface area is 129 Å². The number of benzene rings is 1. The van der Waals surface area contributed by atoms with E-state index in [1.165, 1.54) is 7.11 Å². The van der Waals surface area contributed by atoms with Gasteiger partial charge in [-0.1, -0.05) is 19.1 Å². The minimum absolute atomic E-state index is 0.0663. The maximum atomic E-state index is 12.3. The highest BCUT2D eigenvalue weighted by molar-refractivity contribution is 5.83. The molecule has 0 bridgehead atoms. The van der Waals surface area contributed by atoms with Gasteiger partial charge in [-0.15, -0.1) is 0 Å². The molecule has 1 aromatic rings. The number of carbonyl (C=O) groups is 2. The van der Waals surface area contributed by atoms with Gasteiger partial charge in [0.15, 0.2) is 5.41 Å². The van der Waals surface area contributed by atoms with Crippen LogP contribution in [0.15, 0.2) is 24.3 Å². The van der Waals surface area contributed by atoms with E-state index in [1.54, 1.807) is 31.4 Å². The highest BCUT2D eigenvalue weighted by Crippen LogP contribution is 2.55. The van der Waals surface area contributed by atoms with E-state index < -0.39 is 23.2 Å². The average molecular weight is 301 g/mol. The lowest BCUT2D eigenvalue weighted by Gasteiger charge is -2.28. The van der Waals surface area contributed by atoms with Gasteiger partial charge in [0.1, 0.15) is 12.0 Å². The molecule has 0 spiro atoms. The molecule has 0 radical (unpaired) electrons. The molecular weight excluding hydrogens is 282 g/mol. The summed E-state index contributed by atoms with van der Waals surface area (Å²) in [7, 11) is 2.83. The maximum absolute atomic E-state index is 12.3. The lowest BCUT2D eigenvalue weighted by molar-refractivity contribution is -0.150. The summed E-state index contributed by atoms with van der Waals surface area (Å²) < 4.78 is 9.99. The number of ether oxygens (including phenoxy) is 2. The number of esters is 1. The van der Waals surface area contributed by atoms with Crippen molar-refractivity contribution in [2.45, 2.75) is 19.3 Å². The molecule has 22 heavy (non-hydrogen) atoms. The van der Waals surface area contributed by atoms with Gasteiger partial charge in [-0.05, 0) is 30.0 Å². The Morgan fingerprint density at radius 2 is 2.00 bits per heavy atom. The normalized spacial score (nSPS) is 30.4. The van der Waals surface area contributed by atoms with E-state index in [-0.39, 0.29) is 5.92 Å². The van der Waals surface area contributed by atoms with Gasteiger partial charge in [-0.3, -0.25) is 4.79 Å². The Kier molecular flexibility index (Phi) is 4.51. The maximum Gasteiger partial charge on any atom is 0.326 e. The molecule has 1 aromatic carbocycles. The van der Waals surface area contributed by atoms with Gasteiger partial charge >= 0.3 is 5.97 Å². The number of hydrogen-bond donors (Lipinski definition) is 0. The third-order valence-electron chi connectivity index (χ3n) is 4.60. The molecule has 0 aromatic heterocycles. The van der Waals surface area contributed by atoms with Crippen LogP contribution in [-0.2, 0) is 14.3 Å². The first-order chi connectivity index (χ1) is 10.5. The summed E-state index contributed by atoms with van der Waals surface area (Å²) in [4.78, 5) is 23.8. The minimum atomic E-state index is -1.33. The number of carbonyl (C=O) groups excluding carboxylic acids is 2. The zero-order valence-electron chi connectivity index (χ0n) is 12.9. The van der Waals surface area contributed by atoms with Crippen LogP contribution in [0.2, 0.25) is 0 Å². The van der Waals surface area contributed by atoms with E-state index in [1.807, 2.05) is 6.92 Å². The number of hydrogen-bond acceptors (Lipinski definition) is 5. The molecule has 0 amide bonds. The lowest BCUT2D eigenvalue weighted by Crippen LogP contribution is -2.35. The highest BCUT2D eigenvalue weighted by atomic mass is 16.5. The largest absolute Gasteiger partial charge is 0.497 e. The van der Waals surface area contributed by atoms with E-state index in [9.17, 15) is 14.9 Å². The first-order valence-electron chi connectivity index (χ1n) is 7.13. The van der Waals surface area contributed by atoms with Crippen LogP contribution in [-0.4, -0.2) is 26.5 Å². The third kappa shape index (κ3) is 2.35. The van der Waals surface area contributed by atoms with E-state index in [0.29, 0.717) is 12.2 Å². The predicted molar refractivity (Wildman–Crippen MR) is 79.1 cm³/mol. The van der Waals surface area contributed by atoms with Crippen LogP contribution in [0.25, 0.3) is 0 Å². The van der Waals surface area contributed by atoms with Crippen LogP contribution in [0, 0.1) is 28.6 Å².